The van der Waals surface area contributed by atoms with Crippen LogP contribution >= 0.6 is 0 Å². The van der Waals surface area contributed by atoms with E-state index in [1.165, 1.54) is 0 Å². The first-order valence-corrected chi connectivity index (χ1v) is 10.00. The number of nitrogens with one attached hydrogen (secondary N) is 1. The third-order valence-electron chi connectivity index (χ3n) is 5.01. The number of rotatable bonds is 8. The SMILES string of the molecule is CCOC(=O)c1ncc2[nH]c3cccc(OCc4cccc(OC)c4)c3c2c1COC. The Morgan fingerprint density at radius 3 is 2.65 bits per heavy atom. The molecule has 160 valence electrons. The van der Waals surface area contributed by atoms with Gasteiger partial charge in [-0.25, -0.2) is 9.78 Å². The lowest BCUT2D eigenvalue weighted by molar-refractivity contribution is 0.0514. The summed E-state index contributed by atoms with van der Waals surface area (Å²) in [6.07, 6.45) is 1.65. The molecule has 0 spiro atoms. The van der Waals surface area contributed by atoms with E-state index in [1.54, 1.807) is 27.3 Å². The van der Waals surface area contributed by atoms with E-state index < -0.39 is 5.97 Å². The molecule has 2 aromatic heterocycles. The molecule has 0 aliphatic carbocycles. The van der Waals surface area contributed by atoms with E-state index in [2.05, 4.69) is 9.97 Å². The van der Waals surface area contributed by atoms with E-state index in [1.807, 2.05) is 42.5 Å². The van der Waals surface area contributed by atoms with Gasteiger partial charge in [-0.3, -0.25) is 0 Å². The number of benzene rings is 2. The smallest absolute Gasteiger partial charge is 0.357 e. The van der Waals surface area contributed by atoms with Crippen molar-refractivity contribution >= 4 is 27.8 Å². The Morgan fingerprint density at radius 1 is 1.03 bits per heavy atom. The summed E-state index contributed by atoms with van der Waals surface area (Å²) in [7, 11) is 3.22. The maximum absolute atomic E-state index is 12.5. The topological polar surface area (TPSA) is 82.7 Å². The fourth-order valence-electron chi connectivity index (χ4n) is 3.67. The van der Waals surface area contributed by atoms with Crippen LogP contribution in [0.25, 0.3) is 21.8 Å². The first-order valence-electron chi connectivity index (χ1n) is 10.00. The minimum atomic E-state index is -0.472. The van der Waals surface area contributed by atoms with Crippen LogP contribution in [-0.2, 0) is 22.7 Å². The standard InChI is InChI=1S/C24H24N2O5/c1-4-30-24(27)23-17(14-28-2)21-19(12-25-23)26-18-9-6-10-20(22(18)21)31-13-15-7-5-8-16(11-15)29-3/h5-12,26H,4,13-14H2,1-3H3. The van der Waals surface area contributed by atoms with E-state index in [-0.39, 0.29) is 18.9 Å². The van der Waals surface area contributed by atoms with Gasteiger partial charge in [-0.1, -0.05) is 18.2 Å². The predicted molar refractivity (Wildman–Crippen MR) is 118 cm³/mol. The number of hydrogen-bond acceptors (Lipinski definition) is 6. The summed E-state index contributed by atoms with van der Waals surface area (Å²) in [5.74, 6) is 1.00. The van der Waals surface area contributed by atoms with E-state index in [4.69, 9.17) is 18.9 Å². The maximum Gasteiger partial charge on any atom is 0.357 e. The van der Waals surface area contributed by atoms with Crippen LogP contribution < -0.4 is 9.47 Å². The molecule has 0 bridgehead atoms. The summed E-state index contributed by atoms with van der Waals surface area (Å²) in [4.78, 5) is 20.2. The first kappa shape index (κ1) is 20.7. The fraction of sp³-hybridized carbons (Fsp3) is 0.250. The fourth-order valence-corrected chi connectivity index (χ4v) is 3.67. The zero-order chi connectivity index (χ0) is 21.8. The van der Waals surface area contributed by atoms with Crippen molar-refractivity contribution in [3.05, 3.63) is 65.5 Å². The number of methoxy groups -OCH3 is 2. The number of pyridine rings is 1. The van der Waals surface area contributed by atoms with E-state index >= 15 is 0 Å². The van der Waals surface area contributed by atoms with Gasteiger partial charge in [0.2, 0.25) is 0 Å². The Labute approximate surface area is 179 Å². The van der Waals surface area contributed by atoms with Crippen molar-refractivity contribution in [1.82, 2.24) is 9.97 Å². The minimum absolute atomic E-state index is 0.218. The lowest BCUT2D eigenvalue weighted by Gasteiger charge is -2.12. The number of carbonyl (C=O) groups excluding carboxylic acids is 1. The highest BCUT2D eigenvalue weighted by atomic mass is 16.5. The van der Waals surface area contributed by atoms with Crippen LogP contribution in [0.5, 0.6) is 11.5 Å². The van der Waals surface area contributed by atoms with Crippen LogP contribution in [-0.4, -0.2) is 36.8 Å². The van der Waals surface area contributed by atoms with Crippen LogP contribution in [0, 0.1) is 0 Å². The molecule has 4 aromatic rings. The lowest BCUT2D eigenvalue weighted by Crippen LogP contribution is -2.11. The normalized spacial score (nSPS) is 11.1. The second-order valence-corrected chi connectivity index (χ2v) is 6.97. The van der Waals surface area contributed by atoms with Crippen LogP contribution in [0.2, 0.25) is 0 Å². The molecule has 0 amide bonds. The summed E-state index contributed by atoms with van der Waals surface area (Å²) < 4.78 is 22.1. The molecule has 0 fully saturated rings. The van der Waals surface area contributed by atoms with Gasteiger partial charge in [-0.2, -0.15) is 0 Å². The van der Waals surface area contributed by atoms with Crippen molar-refractivity contribution in [3.63, 3.8) is 0 Å². The van der Waals surface area contributed by atoms with Crippen LogP contribution in [0.4, 0.5) is 0 Å². The Kier molecular flexibility index (Phi) is 6.04. The molecule has 0 aliphatic heterocycles. The minimum Gasteiger partial charge on any atom is -0.497 e. The van der Waals surface area contributed by atoms with Crippen LogP contribution in [0.3, 0.4) is 0 Å². The average molecular weight is 420 g/mol. The zero-order valence-electron chi connectivity index (χ0n) is 17.7. The van der Waals surface area contributed by atoms with Gasteiger partial charge in [-0.05, 0) is 36.8 Å². The average Bonchev–Trinajstić information content (AvgIpc) is 3.18. The molecular weight excluding hydrogens is 396 g/mol. The van der Waals surface area contributed by atoms with Gasteiger partial charge in [0.25, 0.3) is 0 Å². The van der Waals surface area contributed by atoms with Gasteiger partial charge in [0.15, 0.2) is 5.69 Å². The third kappa shape index (κ3) is 4.04. The predicted octanol–water partition coefficient (Wildman–Crippen LogP) is 4.63. The van der Waals surface area contributed by atoms with E-state index in [0.29, 0.717) is 17.9 Å². The highest BCUT2D eigenvalue weighted by Crippen LogP contribution is 2.36. The summed E-state index contributed by atoms with van der Waals surface area (Å²) in [5.41, 5.74) is 3.59. The molecule has 0 aliphatic rings. The molecule has 0 radical (unpaired) electrons. The second kappa shape index (κ2) is 9.06. The molecule has 0 unspecified atom stereocenters. The number of aromatic amines is 1. The van der Waals surface area contributed by atoms with Gasteiger partial charge >= 0.3 is 5.97 Å². The number of hydrogen-bond donors (Lipinski definition) is 1. The second-order valence-electron chi connectivity index (χ2n) is 6.97. The molecule has 4 rings (SSSR count). The Morgan fingerprint density at radius 2 is 1.87 bits per heavy atom. The van der Waals surface area contributed by atoms with Crippen molar-refractivity contribution in [2.75, 3.05) is 20.8 Å². The largest absolute Gasteiger partial charge is 0.497 e. The Hall–Kier alpha value is -3.58. The first-order chi connectivity index (χ1) is 15.2. The summed E-state index contributed by atoms with van der Waals surface area (Å²) >= 11 is 0. The third-order valence-corrected chi connectivity index (χ3v) is 5.01. The van der Waals surface area contributed by atoms with Gasteiger partial charge in [0.1, 0.15) is 18.1 Å². The number of aromatic nitrogens is 2. The van der Waals surface area contributed by atoms with Gasteiger partial charge in [0.05, 0.1) is 37.6 Å². The monoisotopic (exact) mass is 420 g/mol. The van der Waals surface area contributed by atoms with Gasteiger partial charge in [0, 0.05) is 23.4 Å². The summed E-state index contributed by atoms with van der Waals surface area (Å²) in [6.45, 7) is 2.63. The van der Waals surface area contributed by atoms with Gasteiger partial charge in [-0.15, -0.1) is 0 Å². The number of nitrogens with zero attached hydrogens (tertiary/aromatic N) is 1. The number of fused-ring (bicyclic) bond motifs is 3. The molecule has 31 heavy (non-hydrogen) atoms. The van der Waals surface area contributed by atoms with Crippen LogP contribution in [0.1, 0.15) is 28.5 Å². The zero-order valence-corrected chi connectivity index (χ0v) is 17.7. The van der Waals surface area contributed by atoms with E-state index in [0.717, 1.165) is 33.1 Å². The number of ether oxygens (including phenoxy) is 4. The van der Waals surface area contributed by atoms with Crippen molar-refractivity contribution in [3.8, 4) is 11.5 Å². The van der Waals surface area contributed by atoms with Crippen molar-refractivity contribution < 1.29 is 23.7 Å². The molecular formula is C24H24N2O5. The molecule has 7 nitrogen and oxygen atoms in total. The van der Waals surface area contributed by atoms with Gasteiger partial charge < -0.3 is 23.9 Å². The number of H-pyrrole nitrogens is 1. The highest BCUT2D eigenvalue weighted by Gasteiger charge is 2.21. The molecule has 7 heteroatoms. The van der Waals surface area contributed by atoms with Crippen molar-refractivity contribution in [2.45, 2.75) is 20.1 Å². The molecule has 2 aromatic carbocycles. The maximum atomic E-state index is 12.5. The molecule has 0 saturated carbocycles. The number of esters is 1. The Bertz CT molecular complexity index is 1230. The Balaban J connectivity index is 1.82. The molecule has 1 N–H and O–H groups in total. The summed E-state index contributed by atoms with van der Waals surface area (Å²) in [5, 5.41) is 1.72. The van der Waals surface area contributed by atoms with Crippen molar-refractivity contribution in [1.29, 1.82) is 0 Å². The van der Waals surface area contributed by atoms with Crippen molar-refractivity contribution in [2.24, 2.45) is 0 Å². The number of carbonyl (C=O) groups is 1. The molecule has 2 heterocycles. The quantitative estimate of drug-likeness (QED) is 0.419. The lowest BCUT2D eigenvalue weighted by atomic mass is 10.0. The summed E-state index contributed by atoms with van der Waals surface area (Å²) in [6, 6.07) is 13.5. The van der Waals surface area contributed by atoms with Crippen LogP contribution in [0.15, 0.2) is 48.7 Å². The molecule has 0 saturated heterocycles. The van der Waals surface area contributed by atoms with E-state index in [9.17, 15) is 4.79 Å². The molecule has 0 atom stereocenters. The highest BCUT2D eigenvalue weighted by molar-refractivity contribution is 6.13.